The first kappa shape index (κ1) is 18.4. The van der Waals surface area contributed by atoms with Crippen LogP contribution in [0, 0.1) is 0 Å². The topological polar surface area (TPSA) is 99.5 Å². The van der Waals surface area contributed by atoms with Gasteiger partial charge in [0.1, 0.15) is 12.2 Å². The maximum absolute atomic E-state index is 12.2. The van der Waals surface area contributed by atoms with Crippen molar-refractivity contribution in [1.29, 1.82) is 0 Å². The number of hydrogen-bond acceptors (Lipinski definition) is 7. The molecule has 1 aliphatic rings. The lowest BCUT2D eigenvalue weighted by atomic mass is 9.99. The van der Waals surface area contributed by atoms with Gasteiger partial charge in [-0.25, -0.2) is 4.79 Å². The Bertz CT molecular complexity index is 549. The summed E-state index contributed by atoms with van der Waals surface area (Å²) >= 11 is 0. The van der Waals surface area contributed by atoms with Gasteiger partial charge in [-0.3, -0.25) is 0 Å². The summed E-state index contributed by atoms with van der Waals surface area (Å²) < 4.78 is 10.6. The molecule has 4 unspecified atom stereocenters. The maximum Gasteiger partial charge on any atom is 0.331 e. The van der Waals surface area contributed by atoms with E-state index in [1.807, 2.05) is 30.3 Å². The lowest BCUT2D eigenvalue weighted by Gasteiger charge is -2.39. The first-order valence-corrected chi connectivity index (χ1v) is 7.71. The SMILES string of the molecule is COC(=O)C1C(OCc2ccccc2)C(O)C=CN1CC(O)CO. The molecule has 7 nitrogen and oxygen atoms in total. The van der Waals surface area contributed by atoms with Crippen molar-refractivity contribution < 1.29 is 29.6 Å². The highest BCUT2D eigenvalue weighted by atomic mass is 16.5. The van der Waals surface area contributed by atoms with E-state index in [4.69, 9.17) is 14.6 Å². The molecule has 4 atom stereocenters. The van der Waals surface area contributed by atoms with Crippen molar-refractivity contribution in [3.8, 4) is 0 Å². The number of hydrogen-bond donors (Lipinski definition) is 3. The molecular formula is C17H23NO6. The number of rotatable bonds is 7. The molecule has 0 saturated heterocycles. The third-order valence-electron chi connectivity index (χ3n) is 3.84. The van der Waals surface area contributed by atoms with E-state index < -0.39 is 36.9 Å². The molecule has 0 aliphatic carbocycles. The number of aliphatic hydroxyl groups excluding tert-OH is 3. The van der Waals surface area contributed by atoms with Crippen LogP contribution < -0.4 is 0 Å². The van der Waals surface area contributed by atoms with Crippen molar-refractivity contribution in [3.63, 3.8) is 0 Å². The number of nitrogens with zero attached hydrogens (tertiary/aromatic N) is 1. The zero-order chi connectivity index (χ0) is 17.5. The van der Waals surface area contributed by atoms with Crippen LogP contribution in [0.25, 0.3) is 0 Å². The van der Waals surface area contributed by atoms with Crippen LogP contribution in [0.1, 0.15) is 5.56 Å². The van der Waals surface area contributed by atoms with Crippen molar-refractivity contribution in [1.82, 2.24) is 4.90 Å². The summed E-state index contributed by atoms with van der Waals surface area (Å²) in [5.41, 5.74) is 0.907. The van der Waals surface area contributed by atoms with E-state index in [2.05, 4.69) is 0 Å². The highest BCUT2D eigenvalue weighted by Gasteiger charge is 2.41. The Morgan fingerprint density at radius 3 is 2.67 bits per heavy atom. The van der Waals surface area contributed by atoms with Crippen molar-refractivity contribution in [3.05, 3.63) is 48.2 Å². The minimum absolute atomic E-state index is 0.0185. The molecule has 0 radical (unpaired) electrons. The van der Waals surface area contributed by atoms with Gasteiger partial charge in [-0.1, -0.05) is 30.3 Å². The van der Waals surface area contributed by atoms with Gasteiger partial charge in [0.25, 0.3) is 0 Å². The van der Waals surface area contributed by atoms with Gasteiger partial charge in [0, 0.05) is 6.54 Å². The quantitative estimate of drug-likeness (QED) is 0.585. The fourth-order valence-electron chi connectivity index (χ4n) is 2.60. The second-order valence-electron chi connectivity index (χ2n) is 5.59. The van der Waals surface area contributed by atoms with E-state index in [0.717, 1.165) is 5.56 Å². The van der Waals surface area contributed by atoms with Crippen molar-refractivity contribution >= 4 is 5.97 Å². The summed E-state index contributed by atoms with van der Waals surface area (Å²) in [6.45, 7) is -0.193. The van der Waals surface area contributed by atoms with Crippen LogP contribution in [0.15, 0.2) is 42.6 Å². The number of aliphatic hydroxyl groups is 3. The van der Waals surface area contributed by atoms with Crippen LogP contribution in [-0.2, 0) is 20.9 Å². The summed E-state index contributed by atoms with van der Waals surface area (Å²) in [6.07, 6.45) is 0.132. The molecule has 24 heavy (non-hydrogen) atoms. The Kier molecular flexibility index (Phi) is 6.74. The van der Waals surface area contributed by atoms with Crippen LogP contribution in [0.2, 0.25) is 0 Å². The first-order valence-electron chi connectivity index (χ1n) is 7.71. The van der Waals surface area contributed by atoms with Gasteiger partial charge >= 0.3 is 5.97 Å². The minimum atomic E-state index is -1.02. The van der Waals surface area contributed by atoms with Crippen LogP contribution in [0.4, 0.5) is 0 Å². The van der Waals surface area contributed by atoms with Gasteiger partial charge in [-0.05, 0) is 17.8 Å². The first-order chi connectivity index (χ1) is 11.6. The van der Waals surface area contributed by atoms with E-state index in [-0.39, 0.29) is 13.2 Å². The van der Waals surface area contributed by atoms with Gasteiger partial charge in [0.15, 0.2) is 6.04 Å². The number of carbonyl (C=O) groups is 1. The molecule has 7 heteroatoms. The maximum atomic E-state index is 12.2. The summed E-state index contributed by atoms with van der Waals surface area (Å²) in [5, 5.41) is 28.9. The van der Waals surface area contributed by atoms with E-state index >= 15 is 0 Å². The van der Waals surface area contributed by atoms with Gasteiger partial charge in [0.2, 0.25) is 0 Å². The molecule has 0 fully saturated rings. The molecule has 1 aromatic carbocycles. The van der Waals surface area contributed by atoms with Gasteiger partial charge in [0.05, 0.1) is 26.4 Å². The molecule has 0 saturated carbocycles. The van der Waals surface area contributed by atoms with Gasteiger partial charge in [-0.2, -0.15) is 0 Å². The van der Waals surface area contributed by atoms with Crippen molar-refractivity contribution in [2.75, 3.05) is 20.3 Å². The second kappa shape index (κ2) is 8.79. The standard InChI is InChI=1S/C17H23NO6/c1-23-17(22)15-16(24-11-12-5-3-2-4-6-12)14(21)7-8-18(15)9-13(20)10-19/h2-8,13-16,19-21H,9-11H2,1H3. The normalized spacial score (nSPS) is 24.7. The summed E-state index contributed by atoms with van der Waals surface area (Å²) in [7, 11) is 1.25. The number of carbonyl (C=O) groups excluding carboxylic acids is 1. The Hall–Kier alpha value is -1.93. The summed E-state index contributed by atoms with van der Waals surface area (Å²) in [6, 6.07) is 8.48. The van der Waals surface area contributed by atoms with E-state index in [0.29, 0.717) is 0 Å². The molecule has 0 spiro atoms. The highest BCUT2D eigenvalue weighted by Crippen LogP contribution is 2.22. The molecular weight excluding hydrogens is 314 g/mol. The van der Waals surface area contributed by atoms with Crippen LogP contribution in [0.3, 0.4) is 0 Å². The zero-order valence-corrected chi connectivity index (χ0v) is 13.5. The molecule has 1 aromatic rings. The Morgan fingerprint density at radius 1 is 1.33 bits per heavy atom. The molecule has 1 heterocycles. The summed E-state index contributed by atoms with van der Waals surface area (Å²) in [4.78, 5) is 13.7. The zero-order valence-electron chi connectivity index (χ0n) is 13.5. The molecule has 3 N–H and O–H groups in total. The smallest absolute Gasteiger partial charge is 0.331 e. The summed E-state index contributed by atoms with van der Waals surface area (Å²) in [5.74, 6) is -0.582. The highest BCUT2D eigenvalue weighted by molar-refractivity contribution is 5.77. The van der Waals surface area contributed by atoms with Gasteiger partial charge in [-0.15, -0.1) is 0 Å². The monoisotopic (exact) mass is 337 g/mol. The van der Waals surface area contributed by atoms with E-state index in [1.54, 1.807) is 0 Å². The number of esters is 1. The van der Waals surface area contributed by atoms with Gasteiger partial charge < -0.3 is 29.7 Å². The van der Waals surface area contributed by atoms with Crippen LogP contribution in [-0.4, -0.2) is 70.8 Å². The predicted octanol–water partition coefficient (Wildman–Crippen LogP) is -0.343. The minimum Gasteiger partial charge on any atom is -0.467 e. The van der Waals surface area contributed by atoms with Crippen LogP contribution >= 0.6 is 0 Å². The van der Waals surface area contributed by atoms with Crippen LogP contribution in [0.5, 0.6) is 0 Å². The molecule has 0 amide bonds. The number of ether oxygens (including phenoxy) is 2. The van der Waals surface area contributed by atoms with Crippen molar-refractivity contribution in [2.24, 2.45) is 0 Å². The van der Waals surface area contributed by atoms with E-state index in [9.17, 15) is 15.0 Å². The lowest BCUT2D eigenvalue weighted by Crippen LogP contribution is -2.56. The largest absolute Gasteiger partial charge is 0.467 e. The Labute approximate surface area is 140 Å². The predicted molar refractivity (Wildman–Crippen MR) is 85.8 cm³/mol. The average Bonchev–Trinajstić information content (AvgIpc) is 2.61. The Balaban J connectivity index is 2.15. The number of methoxy groups -OCH3 is 1. The molecule has 0 bridgehead atoms. The fraction of sp³-hybridized carbons (Fsp3) is 0.471. The Morgan fingerprint density at radius 2 is 2.04 bits per heavy atom. The van der Waals surface area contributed by atoms with E-state index in [1.165, 1.54) is 24.3 Å². The number of benzene rings is 1. The third kappa shape index (κ3) is 4.55. The third-order valence-corrected chi connectivity index (χ3v) is 3.84. The molecule has 2 rings (SSSR count). The lowest BCUT2D eigenvalue weighted by molar-refractivity contribution is -0.159. The number of β-amino-alcohol motifs (C(OH)–C–C–N with tert-alkyl or cyclic N) is 1. The average molecular weight is 337 g/mol. The fourth-order valence-corrected chi connectivity index (χ4v) is 2.60. The molecule has 0 aromatic heterocycles. The molecule has 1 aliphatic heterocycles. The molecule has 132 valence electrons. The van der Waals surface area contributed by atoms with Crippen molar-refractivity contribution in [2.45, 2.75) is 31.0 Å². The second-order valence-corrected chi connectivity index (χ2v) is 5.59.